The molecule has 0 aliphatic heterocycles. The summed E-state index contributed by atoms with van der Waals surface area (Å²) >= 11 is 11.3. The third kappa shape index (κ3) is 3.22. The summed E-state index contributed by atoms with van der Waals surface area (Å²) < 4.78 is 13.3. The van der Waals surface area contributed by atoms with Crippen LogP contribution in [0.3, 0.4) is 0 Å². The van der Waals surface area contributed by atoms with Crippen molar-refractivity contribution in [1.82, 2.24) is 4.90 Å². The van der Waals surface area contributed by atoms with E-state index in [-0.39, 0.29) is 21.2 Å². The van der Waals surface area contributed by atoms with Crippen molar-refractivity contribution in [2.24, 2.45) is 0 Å². The standard InChI is InChI=1S/C12H9Cl2FN2O/c1-17(2)6-7(5-16)12(18)8-3-11(15)10(14)4-9(8)13/h3-4,6H,1-2H3. The first kappa shape index (κ1) is 14.5. The lowest BCUT2D eigenvalue weighted by Gasteiger charge is -2.07. The predicted molar refractivity (Wildman–Crippen MR) is 68.1 cm³/mol. The van der Waals surface area contributed by atoms with Crippen LogP contribution in [-0.2, 0) is 0 Å². The van der Waals surface area contributed by atoms with Gasteiger partial charge in [-0.25, -0.2) is 4.39 Å². The zero-order chi connectivity index (χ0) is 13.9. The van der Waals surface area contributed by atoms with Crippen molar-refractivity contribution in [3.05, 3.63) is 45.3 Å². The average molecular weight is 287 g/mol. The highest BCUT2D eigenvalue weighted by molar-refractivity contribution is 6.37. The molecule has 0 N–H and O–H groups in total. The first-order valence-electron chi connectivity index (χ1n) is 4.84. The van der Waals surface area contributed by atoms with Gasteiger partial charge in [-0.1, -0.05) is 23.2 Å². The minimum atomic E-state index is -0.758. The second-order valence-electron chi connectivity index (χ2n) is 3.69. The zero-order valence-electron chi connectivity index (χ0n) is 9.67. The predicted octanol–water partition coefficient (Wildman–Crippen LogP) is 3.28. The molecular weight excluding hydrogens is 278 g/mol. The number of Topliss-reactive ketones (excluding diaryl/α,β-unsaturated/α-hetero) is 1. The molecule has 18 heavy (non-hydrogen) atoms. The van der Waals surface area contributed by atoms with Crippen LogP contribution in [0, 0.1) is 17.1 Å². The van der Waals surface area contributed by atoms with Gasteiger partial charge in [0.25, 0.3) is 0 Å². The Balaban J connectivity index is 3.27. The molecule has 6 heteroatoms. The largest absolute Gasteiger partial charge is 0.382 e. The lowest BCUT2D eigenvalue weighted by atomic mass is 10.0. The van der Waals surface area contributed by atoms with Crippen LogP contribution in [-0.4, -0.2) is 24.8 Å². The Morgan fingerprint density at radius 2 is 2.00 bits per heavy atom. The number of nitriles is 1. The number of benzene rings is 1. The van der Waals surface area contributed by atoms with Crippen LogP contribution < -0.4 is 0 Å². The maximum absolute atomic E-state index is 13.3. The summed E-state index contributed by atoms with van der Waals surface area (Å²) in [7, 11) is 3.32. The van der Waals surface area contributed by atoms with Gasteiger partial charge in [-0.2, -0.15) is 5.26 Å². The van der Waals surface area contributed by atoms with E-state index in [9.17, 15) is 9.18 Å². The summed E-state index contributed by atoms with van der Waals surface area (Å²) in [5.74, 6) is -1.40. The lowest BCUT2D eigenvalue weighted by Crippen LogP contribution is -2.09. The molecule has 0 atom stereocenters. The van der Waals surface area contributed by atoms with Crippen LogP contribution in [0.5, 0.6) is 0 Å². The second-order valence-corrected chi connectivity index (χ2v) is 4.51. The molecule has 1 aromatic carbocycles. The first-order chi connectivity index (χ1) is 8.36. The molecule has 0 fully saturated rings. The Hall–Kier alpha value is -1.57. The van der Waals surface area contributed by atoms with Crippen LogP contribution in [0.25, 0.3) is 0 Å². The third-order valence-corrected chi connectivity index (χ3v) is 2.61. The van der Waals surface area contributed by atoms with Gasteiger partial charge in [0.1, 0.15) is 17.5 Å². The maximum Gasteiger partial charge on any atom is 0.206 e. The van der Waals surface area contributed by atoms with E-state index in [0.29, 0.717) is 0 Å². The molecule has 0 radical (unpaired) electrons. The Morgan fingerprint density at radius 1 is 1.39 bits per heavy atom. The van der Waals surface area contributed by atoms with Gasteiger partial charge in [0, 0.05) is 25.9 Å². The third-order valence-electron chi connectivity index (χ3n) is 2.01. The van der Waals surface area contributed by atoms with Crippen molar-refractivity contribution in [3.8, 4) is 6.07 Å². The van der Waals surface area contributed by atoms with E-state index in [2.05, 4.69) is 0 Å². The summed E-state index contributed by atoms with van der Waals surface area (Å²) in [5, 5.41) is 8.72. The number of rotatable bonds is 3. The van der Waals surface area contributed by atoms with Crippen molar-refractivity contribution in [2.45, 2.75) is 0 Å². The summed E-state index contributed by atoms with van der Waals surface area (Å²) in [4.78, 5) is 13.5. The Morgan fingerprint density at radius 3 is 2.50 bits per heavy atom. The first-order valence-corrected chi connectivity index (χ1v) is 5.60. The van der Waals surface area contributed by atoms with Crippen molar-refractivity contribution in [1.29, 1.82) is 5.26 Å². The molecule has 0 aromatic heterocycles. The van der Waals surface area contributed by atoms with Gasteiger partial charge in [-0.3, -0.25) is 4.79 Å². The molecule has 0 aliphatic carbocycles. The van der Waals surface area contributed by atoms with Gasteiger partial charge < -0.3 is 4.90 Å². The van der Waals surface area contributed by atoms with Crippen LogP contribution in [0.1, 0.15) is 10.4 Å². The number of halogens is 3. The van der Waals surface area contributed by atoms with E-state index in [1.165, 1.54) is 11.1 Å². The lowest BCUT2D eigenvalue weighted by molar-refractivity contribution is 0.103. The fraction of sp³-hybridized carbons (Fsp3) is 0.167. The monoisotopic (exact) mass is 286 g/mol. The maximum atomic E-state index is 13.3. The molecule has 94 valence electrons. The Kier molecular flexibility index (Phi) is 4.71. The average Bonchev–Trinajstić information content (AvgIpc) is 2.29. The van der Waals surface area contributed by atoms with E-state index in [1.54, 1.807) is 20.2 Å². The smallest absolute Gasteiger partial charge is 0.206 e. The van der Waals surface area contributed by atoms with Gasteiger partial charge in [-0.05, 0) is 12.1 Å². The summed E-state index contributed by atoms with van der Waals surface area (Å²) in [6.45, 7) is 0. The SMILES string of the molecule is CN(C)C=C(C#N)C(=O)c1cc(F)c(Cl)cc1Cl. The molecule has 0 amide bonds. The topological polar surface area (TPSA) is 44.1 Å². The van der Waals surface area contributed by atoms with E-state index in [0.717, 1.165) is 12.1 Å². The Bertz CT molecular complexity index is 562. The molecule has 3 nitrogen and oxygen atoms in total. The van der Waals surface area contributed by atoms with Gasteiger partial charge >= 0.3 is 0 Å². The second kappa shape index (κ2) is 5.85. The van der Waals surface area contributed by atoms with Crippen molar-refractivity contribution < 1.29 is 9.18 Å². The number of ketones is 1. The number of carbonyl (C=O) groups is 1. The Labute approximate surface area is 114 Å². The fourth-order valence-electron chi connectivity index (χ4n) is 1.24. The van der Waals surface area contributed by atoms with E-state index in [4.69, 9.17) is 28.5 Å². The molecule has 0 heterocycles. The van der Waals surface area contributed by atoms with Crippen molar-refractivity contribution >= 4 is 29.0 Å². The van der Waals surface area contributed by atoms with Gasteiger partial charge in [0.15, 0.2) is 0 Å². The summed E-state index contributed by atoms with van der Waals surface area (Å²) in [5.41, 5.74) is -0.225. The molecule has 0 saturated heterocycles. The highest BCUT2D eigenvalue weighted by Crippen LogP contribution is 2.26. The summed E-state index contributed by atoms with van der Waals surface area (Å²) in [6, 6.07) is 3.81. The highest BCUT2D eigenvalue weighted by atomic mass is 35.5. The minimum Gasteiger partial charge on any atom is -0.382 e. The normalized spacial score (nSPS) is 11.0. The van der Waals surface area contributed by atoms with Crippen LogP contribution in [0.2, 0.25) is 10.0 Å². The number of nitrogens with zero attached hydrogens (tertiary/aromatic N) is 2. The molecule has 0 spiro atoms. The van der Waals surface area contributed by atoms with Gasteiger partial charge in [0.2, 0.25) is 5.78 Å². The van der Waals surface area contributed by atoms with Crippen LogP contribution in [0.15, 0.2) is 23.9 Å². The molecule has 1 rings (SSSR count). The van der Waals surface area contributed by atoms with E-state index < -0.39 is 11.6 Å². The molecule has 0 bridgehead atoms. The number of carbonyl (C=O) groups excluding carboxylic acids is 1. The van der Waals surface area contributed by atoms with Gasteiger partial charge in [0.05, 0.1) is 10.0 Å². The van der Waals surface area contributed by atoms with Gasteiger partial charge in [-0.15, -0.1) is 0 Å². The quantitative estimate of drug-likeness (QED) is 0.371. The highest BCUT2D eigenvalue weighted by Gasteiger charge is 2.18. The molecular formula is C12H9Cl2FN2O. The molecule has 0 aliphatic rings. The van der Waals surface area contributed by atoms with E-state index in [1.807, 2.05) is 0 Å². The summed E-state index contributed by atoms with van der Waals surface area (Å²) in [6.07, 6.45) is 1.34. The molecule has 0 unspecified atom stereocenters. The van der Waals surface area contributed by atoms with Crippen LogP contribution in [0.4, 0.5) is 4.39 Å². The molecule has 0 saturated carbocycles. The van der Waals surface area contributed by atoms with E-state index >= 15 is 0 Å². The van der Waals surface area contributed by atoms with Crippen molar-refractivity contribution in [2.75, 3.05) is 14.1 Å². The fourth-order valence-corrected chi connectivity index (χ4v) is 1.71. The zero-order valence-corrected chi connectivity index (χ0v) is 11.2. The van der Waals surface area contributed by atoms with Crippen LogP contribution >= 0.6 is 23.2 Å². The molecule has 1 aromatic rings. The van der Waals surface area contributed by atoms with Crippen molar-refractivity contribution in [3.63, 3.8) is 0 Å². The number of hydrogen-bond acceptors (Lipinski definition) is 3. The number of allylic oxidation sites excluding steroid dienone is 1. The minimum absolute atomic E-state index is 0.00584. The number of hydrogen-bond donors (Lipinski definition) is 0.